The molecule has 9 nitrogen and oxygen atoms in total. The first kappa shape index (κ1) is 34.9. The molecule has 0 amide bonds. The van der Waals surface area contributed by atoms with Crippen LogP contribution in [0.4, 0.5) is 0 Å². The lowest BCUT2D eigenvalue weighted by Crippen LogP contribution is -2.42. The van der Waals surface area contributed by atoms with Crippen molar-refractivity contribution in [3.8, 4) is 11.5 Å². The van der Waals surface area contributed by atoms with Crippen LogP contribution >= 0.6 is 23.2 Å². The zero-order valence-corrected chi connectivity index (χ0v) is 27.6. The predicted molar refractivity (Wildman–Crippen MR) is 178 cm³/mol. The number of esters is 1. The van der Waals surface area contributed by atoms with E-state index in [0.717, 1.165) is 0 Å². The summed E-state index contributed by atoms with van der Waals surface area (Å²) in [5.74, 6) is -2.43. The molecule has 0 saturated carbocycles. The standard InChI is InChI=1S/C35H38Cl2N2O7/c1-5-18-44-35(21-30(40)41,46-29-14-12-27(37)25-10-7-17-39-32(25)29)15-8-19-43-34(42)33(23(4)20-22(2)3)45-28-13-11-26(36)24-9-6-16-38-31(24)28/h5-7,9-14,16-17,22-23,33H,1,8,15,18-21H2,2-4H3,(H,40,41). The van der Waals surface area contributed by atoms with Gasteiger partial charge in [0.25, 0.3) is 0 Å². The third-order valence-corrected chi connectivity index (χ3v) is 7.99. The molecule has 4 aromatic rings. The maximum atomic E-state index is 13.5. The summed E-state index contributed by atoms with van der Waals surface area (Å²) < 4.78 is 24.3. The molecule has 3 unspecified atom stereocenters. The summed E-state index contributed by atoms with van der Waals surface area (Å²) in [5.41, 5.74) is 1.01. The van der Waals surface area contributed by atoms with E-state index in [-0.39, 0.29) is 32.0 Å². The van der Waals surface area contributed by atoms with Gasteiger partial charge >= 0.3 is 11.9 Å². The van der Waals surface area contributed by atoms with Crippen LogP contribution in [-0.4, -0.2) is 52.1 Å². The topological polar surface area (TPSA) is 117 Å². The molecule has 0 aliphatic carbocycles. The molecule has 0 saturated heterocycles. The van der Waals surface area contributed by atoms with Gasteiger partial charge < -0.3 is 24.1 Å². The SMILES string of the molecule is C=CCOC(CCCOC(=O)C(Oc1ccc(Cl)c2cccnc12)C(C)CC(C)C)(CC(=O)O)Oc1ccc(Cl)c2cccnc12. The molecule has 2 aromatic carbocycles. The Morgan fingerprint density at radius 3 is 2.15 bits per heavy atom. The van der Waals surface area contributed by atoms with Crippen LogP contribution in [0.2, 0.25) is 10.0 Å². The van der Waals surface area contributed by atoms with E-state index >= 15 is 0 Å². The summed E-state index contributed by atoms with van der Waals surface area (Å²) in [6.45, 7) is 9.77. The first-order valence-corrected chi connectivity index (χ1v) is 15.8. The van der Waals surface area contributed by atoms with E-state index < -0.39 is 30.3 Å². The molecule has 3 atom stereocenters. The normalized spacial score (nSPS) is 14.0. The van der Waals surface area contributed by atoms with Crippen molar-refractivity contribution < 1.29 is 33.6 Å². The molecule has 0 radical (unpaired) electrons. The van der Waals surface area contributed by atoms with E-state index in [1.54, 1.807) is 54.9 Å². The summed E-state index contributed by atoms with van der Waals surface area (Å²) in [6.07, 6.45) is 4.35. The van der Waals surface area contributed by atoms with Crippen LogP contribution in [0.15, 0.2) is 73.6 Å². The molecular formula is C35H38Cl2N2O7. The van der Waals surface area contributed by atoms with Gasteiger partial charge in [-0.2, -0.15) is 0 Å². The third kappa shape index (κ3) is 8.87. The molecule has 0 aliphatic heterocycles. The first-order valence-electron chi connectivity index (χ1n) is 15.1. The first-order chi connectivity index (χ1) is 22.0. The summed E-state index contributed by atoms with van der Waals surface area (Å²) in [4.78, 5) is 34.4. The second kappa shape index (κ2) is 16.1. The van der Waals surface area contributed by atoms with E-state index in [0.29, 0.717) is 55.7 Å². The second-order valence-electron chi connectivity index (χ2n) is 11.5. The highest BCUT2D eigenvalue weighted by atomic mass is 35.5. The molecule has 46 heavy (non-hydrogen) atoms. The third-order valence-electron chi connectivity index (χ3n) is 7.33. The number of rotatable bonds is 17. The summed E-state index contributed by atoms with van der Waals surface area (Å²) in [7, 11) is 0. The van der Waals surface area contributed by atoms with Gasteiger partial charge in [0, 0.05) is 35.5 Å². The maximum absolute atomic E-state index is 13.5. The lowest BCUT2D eigenvalue weighted by Gasteiger charge is -2.33. The minimum absolute atomic E-state index is 0.0255. The Morgan fingerprint density at radius 2 is 1.57 bits per heavy atom. The molecule has 0 bridgehead atoms. The number of aliphatic carboxylic acids is 1. The summed E-state index contributed by atoms with van der Waals surface area (Å²) in [6, 6.07) is 13.8. The van der Waals surface area contributed by atoms with Gasteiger partial charge in [-0.15, -0.1) is 6.58 Å². The van der Waals surface area contributed by atoms with Crippen molar-refractivity contribution in [2.45, 2.75) is 58.3 Å². The fraction of sp³-hybridized carbons (Fsp3) is 0.371. The van der Waals surface area contributed by atoms with Crippen molar-refractivity contribution >= 4 is 56.9 Å². The average Bonchev–Trinajstić information content (AvgIpc) is 3.02. The van der Waals surface area contributed by atoms with Crippen LogP contribution in [0.5, 0.6) is 11.5 Å². The van der Waals surface area contributed by atoms with Gasteiger partial charge in [-0.3, -0.25) is 14.8 Å². The van der Waals surface area contributed by atoms with E-state index in [1.165, 1.54) is 6.08 Å². The fourth-order valence-corrected chi connectivity index (χ4v) is 5.80. The highest BCUT2D eigenvalue weighted by molar-refractivity contribution is 6.36. The molecular weight excluding hydrogens is 631 g/mol. The quantitative estimate of drug-likeness (QED) is 0.0513. The molecule has 0 aliphatic rings. The number of carboxylic acids is 1. The van der Waals surface area contributed by atoms with Gasteiger partial charge in [0.1, 0.15) is 29.0 Å². The van der Waals surface area contributed by atoms with E-state index in [9.17, 15) is 14.7 Å². The Hall–Kier alpha value is -3.92. The predicted octanol–water partition coefficient (Wildman–Crippen LogP) is 8.30. The average molecular weight is 670 g/mol. The van der Waals surface area contributed by atoms with Crippen molar-refractivity contribution in [2.75, 3.05) is 13.2 Å². The molecule has 0 fully saturated rings. The van der Waals surface area contributed by atoms with Crippen LogP contribution in [0.1, 0.15) is 46.5 Å². The number of carbonyl (C=O) groups excluding carboxylic acids is 1. The zero-order valence-electron chi connectivity index (χ0n) is 26.1. The number of pyridine rings is 2. The van der Waals surface area contributed by atoms with E-state index in [2.05, 4.69) is 30.4 Å². The Kier molecular flexibility index (Phi) is 12.2. The molecule has 1 N–H and O–H groups in total. The van der Waals surface area contributed by atoms with Gasteiger partial charge in [-0.05, 0) is 67.3 Å². The lowest BCUT2D eigenvalue weighted by molar-refractivity contribution is -0.196. The van der Waals surface area contributed by atoms with Crippen LogP contribution in [0.3, 0.4) is 0 Å². The maximum Gasteiger partial charge on any atom is 0.347 e. The Balaban J connectivity index is 1.52. The van der Waals surface area contributed by atoms with Gasteiger partial charge in [0.15, 0.2) is 6.10 Å². The molecule has 244 valence electrons. The smallest absolute Gasteiger partial charge is 0.347 e. The Morgan fingerprint density at radius 1 is 0.957 bits per heavy atom. The molecule has 4 rings (SSSR count). The monoisotopic (exact) mass is 668 g/mol. The van der Waals surface area contributed by atoms with Crippen LogP contribution in [-0.2, 0) is 19.1 Å². The largest absolute Gasteiger partial charge is 0.481 e. The Labute approximate surface area is 278 Å². The van der Waals surface area contributed by atoms with Crippen molar-refractivity contribution in [3.05, 3.63) is 83.6 Å². The highest BCUT2D eigenvalue weighted by Gasteiger charge is 2.37. The number of hydrogen-bond donors (Lipinski definition) is 1. The number of carboxylic acid groups (broad SMARTS) is 1. The van der Waals surface area contributed by atoms with Crippen LogP contribution in [0.25, 0.3) is 21.8 Å². The van der Waals surface area contributed by atoms with Crippen LogP contribution in [0, 0.1) is 11.8 Å². The Bertz CT molecular complexity index is 1680. The lowest BCUT2D eigenvalue weighted by atomic mass is 9.93. The number of nitrogens with zero attached hydrogens (tertiary/aromatic N) is 2. The number of aromatic nitrogens is 2. The van der Waals surface area contributed by atoms with Gasteiger partial charge in [0.05, 0.1) is 23.3 Å². The van der Waals surface area contributed by atoms with Crippen molar-refractivity contribution in [2.24, 2.45) is 11.8 Å². The zero-order chi connectivity index (χ0) is 33.3. The number of fused-ring (bicyclic) bond motifs is 2. The molecule has 0 spiro atoms. The summed E-state index contributed by atoms with van der Waals surface area (Å²) in [5, 5.41) is 12.2. The van der Waals surface area contributed by atoms with Gasteiger partial charge in [-0.1, -0.05) is 50.0 Å². The number of halogens is 2. The van der Waals surface area contributed by atoms with Crippen molar-refractivity contribution in [1.29, 1.82) is 0 Å². The van der Waals surface area contributed by atoms with Gasteiger partial charge in [-0.25, -0.2) is 4.79 Å². The van der Waals surface area contributed by atoms with E-state index in [1.807, 2.05) is 13.0 Å². The summed E-state index contributed by atoms with van der Waals surface area (Å²) >= 11 is 12.7. The molecule has 2 heterocycles. The van der Waals surface area contributed by atoms with Crippen molar-refractivity contribution in [3.63, 3.8) is 0 Å². The fourth-order valence-electron chi connectivity index (χ4n) is 5.37. The van der Waals surface area contributed by atoms with E-state index in [4.69, 9.17) is 42.1 Å². The minimum Gasteiger partial charge on any atom is -0.481 e. The number of hydrogen-bond acceptors (Lipinski definition) is 8. The highest BCUT2D eigenvalue weighted by Crippen LogP contribution is 2.36. The van der Waals surface area contributed by atoms with Crippen LogP contribution < -0.4 is 9.47 Å². The molecule has 2 aromatic heterocycles. The van der Waals surface area contributed by atoms with Crippen molar-refractivity contribution in [1.82, 2.24) is 9.97 Å². The van der Waals surface area contributed by atoms with Gasteiger partial charge in [0.2, 0.25) is 5.79 Å². The number of carbonyl (C=O) groups is 2. The minimum atomic E-state index is -1.61. The number of ether oxygens (including phenoxy) is 4. The number of benzene rings is 2. The molecule has 11 heteroatoms. The second-order valence-corrected chi connectivity index (χ2v) is 12.3.